The molecule has 4 rings (SSSR count). The summed E-state index contributed by atoms with van der Waals surface area (Å²) in [6.07, 6.45) is 2.54. The van der Waals surface area contributed by atoms with Crippen molar-refractivity contribution in [3.63, 3.8) is 0 Å². The van der Waals surface area contributed by atoms with E-state index < -0.39 is 5.97 Å². The summed E-state index contributed by atoms with van der Waals surface area (Å²) in [5.41, 5.74) is 2.71. The van der Waals surface area contributed by atoms with E-state index in [0.717, 1.165) is 16.1 Å². The molecule has 2 aromatic heterocycles. The van der Waals surface area contributed by atoms with Crippen LogP contribution in [0.2, 0.25) is 0 Å². The molecule has 0 fully saturated rings. The van der Waals surface area contributed by atoms with Crippen LogP contribution in [0.5, 0.6) is 0 Å². The average molecular weight is 354 g/mol. The van der Waals surface area contributed by atoms with Crippen LogP contribution in [0.15, 0.2) is 46.4 Å². The number of carbonyl (C=O) groups is 2. The number of hydrogen-bond acceptors (Lipinski definition) is 6. The number of fused-ring (bicyclic) bond motifs is 1. The van der Waals surface area contributed by atoms with Crippen LogP contribution in [-0.2, 0) is 22.6 Å². The number of benzene rings is 1. The SMILES string of the molecule is O=C1CCc2cc(C(=O)OCc3coc(-c4cccs4)n3)ccc2N1. The van der Waals surface area contributed by atoms with E-state index in [0.29, 0.717) is 30.0 Å². The van der Waals surface area contributed by atoms with Crippen molar-refractivity contribution < 1.29 is 18.7 Å². The summed E-state index contributed by atoms with van der Waals surface area (Å²) in [6.45, 7) is 0.0432. The van der Waals surface area contributed by atoms with Crippen molar-refractivity contribution >= 4 is 28.9 Å². The molecule has 0 saturated heterocycles. The Hall–Kier alpha value is -2.93. The molecule has 0 bridgehead atoms. The van der Waals surface area contributed by atoms with E-state index in [2.05, 4.69) is 10.3 Å². The van der Waals surface area contributed by atoms with E-state index in [4.69, 9.17) is 9.15 Å². The number of nitrogens with zero attached hydrogens (tertiary/aromatic N) is 1. The van der Waals surface area contributed by atoms with Crippen LogP contribution >= 0.6 is 11.3 Å². The number of aryl methyl sites for hydroxylation is 1. The topological polar surface area (TPSA) is 81.4 Å². The molecule has 6 nitrogen and oxygen atoms in total. The molecule has 7 heteroatoms. The van der Waals surface area contributed by atoms with Crippen LogP contribution in [-0.4, -0.2) is 16.9 Å². The third-order valence-electron chi connectivity index (χ3n) is 3.87. The first-order chi connectivity index (χ1) is 12.2. The number of rotatable bonds is 4. The van der Waals surface area contributed by atoms with E-state index in [1.165, 1.54) is 17.6 Å². The first-order valence-electron chi connectivity index (χ1n) is 7.77. The molecule has 126 valence electrons. The second kappa shape index (κ2) is 6.52. The number of ether oxygens (including phenoxy) is 1. The molecule has 0 spiro atoms. The molecule has 0 unspecified atom stereocenters. The molecule has 3 aromatic rings. The standard InChI is InChI=1S/C18H14N2O4S/c21-16-6-4-11-8-12(3-5-14(11)20-16)18(22)24-10-13-9-23-17(19-13)15-2-1-7-25-15/h1-3,5,7-9H,4,6,10H2,(H,20,21). The van der Waals surface area contributed by atoms with Gasteiger partial charge in [-0.3, -0.25) is 4.79 Å². The van der Waals surface area contributed by atoms with Crippen LogP contribution < -0.4 is 5.32 Å². The predicted octanol–water partition coefficient (Wildman–Crippen LogP) is 3.64. The highest BCUT2D eigenvalue weighted by Crippen LogP contribution is 2.25. The molecule has 0 saturated carbocycles. The molecule has 3 heterocycles. The van der Waals surface area contributed by atoms with Gasteiger partial charge in [0.2, 0.25) is 11.8 Å². The third-order valence-corrected chi connectivity index (χ3v) is 4.73. The Morgan fingerprint density at radius 3 is 3.08 bits per heavy atom. The summed E-state index contributed by atoms with van der Waals surface area (Å²) in [7, 11) is 0. The number of esters is 1. The van der Waals surface area contributed by atoms with Gasteiger partial charge in [-0.15, -0.1) is 11.3 Å². The lowest BCUT2D eigenvalue weighted by Gasteiger charge is -2.17. The van der Waals surface area contributed by atoms with Gasteiger partial charge in [-0.2, -0.15) is 0 Å². The van der Waals surface area contributed by atoms with Gasteiger partial charge in [0.1, 0.15) is 18.6 Å². The first-order valence-corrected chi connectivity index (χ1v) is 8.65. The normalized spacial score (nSPS) is 13.2. The molecule has 0 atom stereocenters. The molecule has 0 aliphatic carbocycles. The highest BCUT2D eigenvalue weighted by atomic mass is 32.1. The second-order valence-electron chi connectivity index (χ2n) is 5.62. The Morgan fingerprint density at radius 2 is 2.24 bits per heavy atom. The Kier molecular flexibility index (Phi) is 4.07. The van der Waals surface area contributed by atoms with Crippen molar-refractivity contribution in [2.45, 2.75) is 19.4 Å². The van der Waals surface area contributed by atoms with Crippen molar-refractivity contribution in [1.82, 2.24) is 4.98 Å². The van der Waals surface area contributed by atoms with E-state index >= 15 is 0 Å². The minimum Gasteiger partial charge on any atom is -0.455 e. The fourth-order valence-electron chi connectivity index (χ4n) is 2.62. The van der Waals surface area contributed by atoms with Crippen molar-refractivity contribution in [3.8, 4) is 10.8 Å². The zero-order valence-electron chi connectivity index (χ0n) is 13.2. The van der Waals surface area contributed by atoms with Gasteiger partial charge in [-0.1, -0.05) is 6.07 Å². The van der Waals surface area contributed by atoms with Crippen LogP contribution in [0, 0.1) is 0 Å². The van der Waals surface area contributed by atoms with E-state index in [-0.39, 0.29) is 12.5 Å². The van der Waals surface area contributed by atoms with Gasteiger partial charge < -0.3 is 14.5 Å². The third kappa shape index (κ3) is 3.32. The molecule has 1 amide bonds. The Balaban J connectivity index is 1.42. The quantitative estimate of drug-likeness (QED) is 0.723. The van der Waals surface area contributed by atoms with Gasteiger partial charge in [0.05, 0.1) is 10.4 Å². The van der Waals surface area contributed by atoms with Crippen molar-refractivity contribution in [3.05, 3.63) is 58.8 Å². The fraction of sp³-hybridized carbons (Fsp3) is 0.167. The highest BCUT2D eigenvalue weighted by molar-refractivity contribution is 7.13. The molecular weight excluding hydrogens is 340 g/mol. The summed E-state index contributed by atoms with van der Waals surface area (Å²) in [4.78, 5) is 28.9. The summed E-state index contributed by atoms with van der Waals surface area (Å²) in [5.74, 6) is 0.0846. The Bertz CT molecular complexity index is 930. The Morgan fingerprint density at radius 1 is 1.32 bits per heavy atom. The maximum Gasteiger partial charge on any atom is 0.338 e. The summed E-state index contributed by atoms with van der Waals surface area (Å²) in [6, 6.07) is 8.97. The van der Waals surface area contributed by atoms with Crippen LogP contribution in [0.4, 0.5) is 5.69 Å². The number of hydrogen-bond donors (Lipinski definition) is 1. The van der Waals surface area contributed by atoms with Gasteiger partial charge in [0, 0.05) is 12.1 Å². The molecule has 0 radical (unpaired) electrons. The molecular formula is C18H14N2O4S. The van der Waals surface area contributed by atoms with Crippen molar-refractivity contribution in [2.75, 3.05) is 5.32 Å². The maximum atomic E-state index is 12.2. The van der Waals surface area contributed by atoms with Gasteiger partial charge in [0.15, 0.2) is 0 Å². The molecule has 1 aliphatic rings. The number of amides is 1. The van der Waals surface area contributed by atoms with Crippen LogP contribution in [0.3, 0.4) is 0 Å². The summed E-state index contributed by atoms with van der Waals surface area (Å²) in [5, 5.41) is 4.73. The molecule has 1 aliphatic heterocycles. The van der Waals surface area contributed by atoms with Crippen molar-refractivity contribution in [1.29, 1.82) is 0 Å². The van der Waals surface area contributed by atoms with Crippen LogP contribution in [0.25, 0.3) is 10.8 Å². The lowest BCUT2D eigenvalue weighted by Crippen LogP contribution is -2.19. The lowest BCUT2D eigenvalue weighted by atomic mass is 10.0. The number of anilines is 1. The largest absolute Gasteiger partial charge is 0.455 e. The zero-order chi connectivity index (χ0) is 17.2. The lowest BCUT2D eigenvalue weighted by molar-refractivity contribution is -0.116. The van der Waals surface area contributed by atoms with Gasteiger partial charge in [0.25, 0.3) is 0 Å². The van der Waals surface area contributed by atoms with E-state index in [9.17, 15) is 9.59 Å². The average Bonchev–Trinajstić information content (AvgIpc) is 3.30. The molecule has 1 N–H and O–H groups in total. The monoisotopic (exact) mass is 354 g/mol. The maximum absolute atomic E-state index is 12.2. The summed E-state index contributed by atoms with van der Waals surface area (Å²) >= 11 is 1.53. The number of aromatic nitrogens is 1. The minimum absolute atomic E-state index is 0.00426. The van der Waals surface area contributed by atoms with Gasteiger partial charge in [-0.25, -0.2) is 9.78 Å². The number of nitrogens with one attached hydrogen (secondary N) is 1. The first kappa shape index (κ1) is 15.6. The van der Waals surface area contributed by atoms with E-state index in [1.54, 1.807) is 18.2 Å². The van der Waals surface area contributed by atoms with Gasteiger partial charge in [-0.05, 0) is 41.6 Å². The molecule has 25 heavy (non-hydrogen) atoms. The summed E-state index contributed by atoms with van der Waals surface area (Å²) < 4.78 is 10.7. The predicted molar refractivity (Wildman–Crippen MR) is 92.3 cm³/mol. The van der Waals surface area contributed by atoms with Crippen molar-refractivity contribution in [2.24, 2.45) is 0 Å². The smallest absolute Gasteiger partial charge is 0.338 e. The second-order valence-corrected chi connectivity index (χ2v) is 6.57. The number of oxazole rings is 1. The van der Waals surface area contributed by atoms with E-state index in [1.807, 2.05) is 17.5 Å². The van der Waals surface area contributed by atoms with Crippen LogP contribution in [0.1, 0.15) is 28.0 Å². The number of carbonyl (C=O) groups excluding carboxylic acids is 2. The van der Waals surface area contributed by atoms with Gasteiger partial charge >= 0.3 is 5.97 Å². The highest BCUT2D eigenvalue weighted by Gasteiger charge is 2.17. The minimum atomic E-state index is -0.430. The fourth-order valence-corrected chi connectivity index (χ4v) is 3.28. The number of thiophene rings is 1. The Labute approximate surface area is 147 Å². The molecule has 1 aromatic carbocycles. The zero-order valence-corrected chi connectivity index (χ0v) is 14.0.